The predicted molar refractivity (Wildman–Crippen MR) is 128 cm³/mol. The van der Waals surface area contributed by atoms with Crippen LogP contribution < -0.4 is 5.32 Å². The van der Waals surface area contributed by atoms with Gasteiger partial charge in [-0.3, -0.25) is 4.90 Å². The van der Waals surface area contributed by atoms with E-state index in [2.05, 4.69) is 40.5 Å². The molecule has 0 aliphatic carbocycles. The molecule has 0 saturated carbocycles. The molecule has 5 heteroatoms. The normalized spacial score (nSPS) is 15.6. The lowest BCUT2D eigenvalue weighted by Gasteiger charge is -2.32. The zero-order valence-electron chi connectivity index (χ0n) is 18.1. The number of piperidine rings is 1. The highest BCUT2D eigenvalue weighted by molar-refractivity contribution is 6.09. The number of hydrogen-bond donors (Lipinski definition) is 2. The van der Waals surface area contributed by atoms with E-state index in [-0.39, 0.29) is 0 Å². The molecule has 160 valence electrons. The van der Waals surface area contributed by atoms with E-state index < -0.39 is 0 Å². The second-order valence-electron chi connectivity index (χ2n) is 8.65. The second-order valence-corrected chi connectivity index (χ2v) is 8.65. The summed E-state index contributed by atoms with van der Waals surface area (Å²) in [7, 11) is 1.90. The Kier molecular flexibility index (Phi) is 5.51. The van der Waals surface area contributed by atoms with Crippen molar-refractivity contribution in [3.63, 3.8) is 0 Å². The van der Waals surface area contributed by atoms with E-state index in [9.17, 15) is 5.11 Å². The summed E-state index contributed by atoms with van der Waals surface area (Å²) in [6, 6.07) is 18.8. The molecule has 2 aromatic heterocycles. The van der Waals surface area contributed by atoms with Crippen LogP contribution in [0.1, 0.15) is 24.8 Å². The number of aromatic nitrogens is 2. The average molecular weight is 415 g/mol. The van der Waals surface area contributed by atoms with Crippen LogP contribution in [0.5, 0.6) is 5.88 Å². The van der Waals surface area contributed by atoms with Gasteiger partial charge in [-0.2, -0.15) is 0 Å². The summed E-state index contributed by atoms with van der Waals surface area (Å²) in [4.78, 5) is 7.34. The first-order valence-corrected chi connectivity index (χ1v) is 11.3. The number of rotatable bonds is 6. The number of benzene rings is 2. The quantitative estimate of drug-likeness (QED) is 0.453. The van der Waals surface area contributed by atoms with Crippen LogP contribution in [-0.2, 0) is 13.1 Å². The Hall–Kier alpha value is -3.05. The maximum atomic E-state index is 11.0. The van der Waals surface area contributed by atoms with Crippen molar-refractivity contribution in [2.24, 2.45) is 5.92 Å². The molecule has 0 spiro atoms. The molecule has 1 aliphatic rings. The first kappa shape index (κ1) is 19.9. The summed E-state index contributed by atoms with van der Waals surface area (Å²) in [6.45, 7) is 4.17. The van der Waals surface area contributed by atoms with Gasteiger partial charge in [0.25, 0.3) is 0 Å². The van der Waals surface area contributed by atoms with E-state index in [1.807, 2.05) is 42.1 Å². The summed E-state index contributed by atoms with van der Waals surface area (Å²) in [6.07, 6.45) is 5.53. The van der Waals surface area contributed by atoms with Crippen molar-refractivity contribution in [1.29, 1.82) is 0 Å². The van der Waals surface area contributed by atoms with Gasteiger partial charge in [-0.1, -0.05) is 48.5 Å². The summed E-state index contributed by atoms with van der Waals surface area (Å²) in [5.74, 6) is 1.02. The Morgan fingerprint density at radius 2 is 1.74 bits per heavy atom. The van der Waals surface area contributed by atoms with Crippen molar-refractivity contribution >= 4 is 27.5 Å². The summed E-state index contributed by atoms with van der Waals surface area (Å²) >= 11 is 0. The molecule has 1 fully saturated rings. The first-order valence-electron chi connectivity index (χ1n) is 11.3. The van der Waals surface area contributed by atoms with Crippen LogP contribution >= 0.6 is 0 Å². The Labute approximate surface area is 183 Å². The third kappa shape index (κ3) is 3.98. The van der Waals surface area contributed by atoms with E-state index >= 15 is 0 Å². The summed E-state index contributed by atoms with van der Waals surface area (Å²) < 4.78 is 1.98. The van der Waals surface area contributed by atoms with Crippen molar-refractivity contribution in [2.75, 3.05) is 25.5 Å². The van der Waals surface area contributed by atoms with Crippen LogP contribution in [0, 0.1) is 5.92 Å². The number of aromatic hydroxyl groups is 1. The van der Waals surface area contributed by atoms with E-state index in [0.29, 0.717) is 11.8 Å². The number of fused-ring (bicyclic) bond motifs is 2. The van der Waals surface area contributed by atoms with Gasteiger partial charge in [0.1, 0.15) is 0 Å². The van der Waals surface area contributed by atoms with Gasteiger partial charge in [0.05, 0.1) is 22.1 Å². The third-order valence-corrected chi connectivity index (χ3v) is 6.68. The van der Waals surface area contributed by atoms with Crippen LogP contribution in [0.25, 0.3) is 21.8 Å². The predicted octanol–water partition coefficient (Wildman–Crippen LogP) is 5.24. The van der Waals surface area contributed by atoms with E-state index in [4.69, 9.17) is 4.98 Å². The minimum atomic E-state index is 0.319. The number of hydrogen-bond acceptors (Lipinski definition) is 4. The fourth-order valence-corrected chi connectivity index (χ4v) is 4.93. The second kappa shape index (κ2) is 8.60. The molecule has 0 amide bonds. The smallest absolute Gasteiger partial charge is 0.202 e. The molecule has 0 unspecified atom stereocenters. The van der Waals surface area contributed by atoms with Gasteiger partial charge in [0.2, 0.25) is 5.88 Å². The molecule has 1 aliphatic heterocycles. The standard InChI is InChI=1S/C26H30N4O/c1-27-25-21-9-5-6-10-22(21)28-23-18-30(26(31)24(23)25)16-13-19-11-14-29(15-12-19)17-20-7-3-2-4-8-20/h2-10,18-19,27,31H,11-17H2,1H3. The first-order chi connectivity index (χ1) is 15.2. The van der Waals surface area contributed by atoms with Crippen LogP contribution in [0.3, 0.4) is 0 Å². The molecule has 5 rings (SSSR count). The van der Waals surface area contributed by atoms with Crippen molar-refractivity contribution in [3.05, 3.63) is 66.4 Å². The molecule has 0 radical (unpaired) electrons. The van der Waals surface area contributed by atoms with Crippen LogP contribution in [0.15, 0.2) is 60.8 Å². The van der Waals surface area contributed by atoms with Crippen LogP contribution in [0.2, 0.25) is 0 Å². The van der Waals surface area contributed by atoms with Gasteiger partial charge in [-0.05, 0) is 49.9 Å². The molecule has 2 N–H and O–H groups in total. The minimum Gasteiger partial charge on any atom is -0.494 e. The molecular formula is C26H30N4O. The molecule has 31 heavy (non-hydrogen) atoms. The van der Waals surface area contributed by atoms with Gasteiger partial charge in [-0.25, -0.2) is 4.98 Å². The molecule has 2 aromatic carbocycles. The highest BCUT2D eigenvalue weighted by atomic mass is 16.3. The van der Waals surface area contributed by atoms with Crippen molar-refractivity contribution in [1.82, 2.24) is 14.5 Å². The Bertz CT molecular complexity index is 1180. The monoisotopic (exact) mass is 414 g/mol. The molecule has 0 atom stereocenters. The number of aryl methyl sites for hydroxylation is 1. The third-order valence-electron chi connectivity index (χ3n) is 6.68. The Morgan fingerprint density at radius 3 is 2.52 bits per heavy atom. The zero-order valence-corrected chi connectivity index (χ0v) is 18.1. The fourth-order valence-electron chi connectivity index (χ4n) is 4.93. The fraction of sp³-hybridized carbons (Fsp3) is 0.346. The number of nitrogens with one attached hydrogen (secondary N) is 1. The zero-order chi connectivity index (χ0) is 21.2. The lowest BCUT2D eigenvalue weighted by atomic mass is 9.93. The van der Waals surface area contributed by atoms with Gasteiger partial charge in [0.15, 0.2) is 0 Å². The number of para-hydroxylation sites is 1. The highest BCUT2D eigenvalue weighted by Gasteiger charge is 2.21. The van der Waals surface area contributed by atoms with Gasteiger partial charge >= 0.3 is 0 Å². The molecule has 1 saturated heterocycles. The number of pyridine rings is 1. The van der Waals surface area contributed by atoms with Crippen molar-refractivity contribution < 1.29 is 5.11 Å². The number of anilines is 1. The summed E-state index contributed by atoms with van der Waals surface area (Å²) in [5.41, 5.74) is 4.14. The van der Waals surface area contributed by atoms with E-state index in [0.717, 1.165) is 60.1 Å². The molecule has 5 nitrogen and oxygen atoms in total. The lowest BCUT2D eigenvalue weighted by Crippen LogP contribution is -2.33. The van der Waals surface area contributed by atoms with Gasteiger partial charge in [-0.15, -0.1) is 0 Å². The average Bonchev–Trinajstić information content (AvgIpc) is 3.13. The maximum absolute atomic E-state index is 11.0. The largest absolute Gasteiger partial charge is 0.494 e. The van der Waals surface area contributed by atoms with Crippen molar-refractivity contribution in [2.45, 2.75) is 32.4 Å². The maximum Gasteiger partial charge on any atom is 0.202 e. The Balaban J connectivity index is 1.26. The number of nitrogens with zero attached hydrogens (tertiary/aromatic N) is 3. The van der Waals surface area contributed by atoms with Crippen LogP contribution in [-0.4, -0.2) is 39.7 Å². The van der Waals surface area contributed by atoms with Gasteiger partial charge in [0, 0.05) is 31.7 Å². The number of likely N-dealkylation sites (tertiary alicyclic amines) is 1. The summed E-state index contributed by atoms with van der Waals surface area (Å²) in [5, 5.41) is 16.1. The van der Waals surface area contributed by atoms with E-state index in [1.165, 1.54) is 18.4 Å². The SMILES string of the molecule is CNc1c2ccccc2nc2cn(CCC3CCN(Cc4ccccc4)CC3)c(O)c12. The highest BCUT2D eigenvalue weighted by Crippen LogP contribution is 2.37. The topological polar surface area (TPSA) is 53.3 Å². The van der Waals surface area contributed by atoms with E-state index in [1.54, 1.807) is 0 Å². The lowest BCUT2D eigenvalue weighted by molar-refractivity contribution is 0.168. The Morgan fingerprint density at radius 1 is 1.00 bits per heavy atom. The van der Waals surface area contributed by atoms with Crippen molar-refractivity contribution in [3.8, 4) is 5.88 Å². The molecule has 3 heterocycles. The molecular weight excluding hydrogens is 384 g/mol. The molecule has 4 aromatic rings. The van der Waals surface area contributed by atoms with Crippen LogP contribution in [0.4, 0.5) is 5.69 Å². The van der Waals surface area contributed by atoms with Gasteiger partial charge < -0.3 is 15.0 Å². The minimum absolute atomic E-state index is 0.319. The molecule has 0 bridgehead atoms.